The molecule has 6 heteroatoms. The van der Waals surface area contributed by atoms with Crippen LogP contribution in [0.4, 0.5) is 5.69 Å². The van der Waals surface area contributed by atoms with E-state index in [2.05, 4.69) is 5.32 Å². The molecule has 1 aromatic heterocycles. The van der Waals surface area contributed by atoms with E-state index < -0.39 is 0 Å². The Kier molecular flexibility index (Phi) is 5.51. The van der Waals surface area contributed by atoms with E-state index in [0.29, 0.717) is 16.2 Å². The summed E-state index contributed by atoms with van der Waals surface area (Å²) in [4.78, 5) is 26.5. The minimum absolute atomic E-state index is 0.0753. The summed E-state index contributed by atoms with van der Waals surface area (Å²) in [6, 6.07) is 12.8. The van der Waals surface area contributed by atoms with Crippen LogP contribution in [0.15, 0.2) is 46.9 Å². The van der Waals surface area contributed by atoms with Crippen LogP contribution >= 0.6 is 11.6 Å². The highest BCUT2D eigenvalue weighted by Crippen LogP contribution is 2.28. The predicted molar refractivity (Wildman–Crippen MR) is 107 cm³/mol. The van der Waals surface area contributed by atoms with Crippen molar-refractivity contribution in [3.8, 4) is 0 Å². The summed E-state index contributed by atoms with van der Waals surface area (Å²) in [5, 5.41) is 4.24. The fraction of sp³-hybridized carbons (Fsp3) is 0.238. The summed E-state index contributed by atoms with van der Waals surface area (Å²) in [6.07, 6.45) is 0.811. The van der Waals surface area contributed by atoms with Crippen molar-refractivity contribution in [1.29, 1.82) is 0 Å². The Balaban J connectivity index is 1.74. The van der Waals surface area contributed by atoms with E-state index in [0.717, 1.165) is 23.1 Å². The number of para-hydroxylation sites is 1. The highest BCUT2D eigenvalue weighted by Gasteiger charge is 2.22. The molecule has 0 fully saturated rings. The van der Waals surface area contributed by atoms with Crippen molar-refractivity contribution in [1.82, 2.24) is 4.90 Å². The third kappa shape index (κ3) is 3.98. The number of anilines is 1. The average Bonchev–Trinajstić information content (AvgIpc) is 2.97. The quantitative estimate of drug-likeness (QED) is 0.695. The monoisotopic (exact) mass is 384 g/mol. The van der Waals surface area contributed by atoms with Gasteiger partial charge in [0.1, 0.15) is 5.58 Å². The summed E-state index contributed by atoms with van der Waals surface area (Å²) < 4.78 is 5.69. The maximum Gasteiger partial charge on any atom is 0.290 e. The molecule has 0 radical (unpaired) electrons. The van der Waals surface area contributed by atoms with Crippen LogP contribution in [0.2, 0.25) is 5.02 Å². The first-order chi connectivity index (χ1) is 12.9. The molecule has 3 aromatic rings. The molecular formula is C21H21ClN2O3. The molecule has 3 rings (SSSR count). The number of amides is 2. The normalized spacial score (nSPS) is 10.8. The first-order valence-electron chi connectivity index (χ1n) is 8.72. The number of benzene rings is 2. The topological polar surface area (TPSA) is 62.6 Å². The van der Waals surface area contributed by atoms with Crippen molar-refractivity contribution in [2.75, 3.05) is 18.9 Å². The van der Waals surface area contributed by atoms with Gasteiger partial charge in [-0.2, -0.15) is 0 Å². The molecule has 27 heavy (non-hydrogen) atoms. The zero-order valence-corrected chi connectivity index (χ0v) is 16.3. The van der Waals surface area contributed by atoms with Crippen LogP contribution in [0.25, 0.3) is 11.0 Å². The first kappa shape index (κ1) is 19.0. The van der Waals surface area contributed by atoms with Crippen molar-refractivity contribution >= 4 is 40.1 Å². The molecule has 5 nitrogen and oxygen atoms in total. The number of rotatable bonds is 5. The molecule has 1 heterocycles. The van der Waals surface area contributed by atoms with Crippen molar-refractivity contribution in [2.24, 2.45) is 0 Å². The van der Waals surface area contributed by atoms with Crippen molar-refractivity contribution < 1.29 is 14.0 Å². The molecule has 0 saturated heterocycles. The lowest BCUT2D eigenvalue weighted by Gasteiger charge is -2.17. The third-order valence-electron chi connectivity index (χ3n) is 4.49. The molecule has 0 saturated carbocycles. The molecule has 140 valence electrons. The largest absolute Gasteiger partial charge is 0.451 e. The number of hydrogen-bond acceptors (Lipinski definition) is 3. The maximum atomic E-state index is 12.8. The van der Waals surface area contributed by atoms with Gasteiger partial charge >= 0.3 is 0 Å². The molecule has 2 aromatic carbocycles. The van der Waals surface area contributed by atoms with Gasteiger partial charge in [-0.25, -0.2) is 0 Å². The van der Waals surface area contributed by atoms with E-state index in [-0.39, 0.29) is 24.1 Å². The van der Waals surface area contributed by atoms with Gasteiger partial charge in [0.05, 0.1) is 6.54 Å². The third-order valence-corrected chi connectivity index (χ3v) is 4.73. The van der Waals surface area contributed by atoms with Gasteiger partial charge in [0.2, 0.25) is 5.91 Å². The average molecular weight is 385 g/mol. The van der Waals surface area contributed by atoms with E-state index in [1.807, 2.05) is 31.2 Å². The second-order valence-electron chi connectivity index (χ2n) is 6.42. The fourth-order valence-electron chi connectivity index (χ4n) is 3.00. The van der Waals surface area contributed by atoms with Crippen LogP contribution in [0.1, 0.15) is 28.6 Å². The maximum absolute atomic E-state index is 12.8. The minimum atomic E-state index is -0.348. The van der Waals surface area contributed by atoms with E-state index in [1.165, 1.54) is 4.90 Å². The molecule has 0 spiro atoms. The molecule has 0 aliphatic heterocycles. The fourth-order valence-corrected chi connectivity index (χ4v) is 3.17. The first-order valence-corrected chi connectivity index (χ1v) is 9.10. The van der Waals surface area contributed by atoms with E-state index in [4.69, 9.17) is 16.0 Å². The van der Waals surface area contributed by atoms with Gasteiger partial charge in [-0.15, -0.1) is 0 Å². The lowest BCUT2D eigenvalue weighted by Crippen LogP contribution is -2.35. The van der Waals surface area contributed by atoms with E-state index in [9.17, 15) is 9.59 Å². The Bertz CT molecular complexity index is 1010. The number of carbonyl (C=O) groups excluding carboxylic acids is 2. The van der Waals surface area contributed by atoms with Crippen LogP contribution in [-0.4, -0.2) is 30.3 Å². The summed E-state index contributed by atoms with van der Waals surface area (Å²) in [5.74, 6) is -0.390. The van der Waals surface area contributed by atoms with Gasteiger partial charge in [0.25, 0.3) is 5.91 Å². The molecule has 2 amide bonds. The summed E-state index contributed by atoms with van der Waals surface area (Å²) in [7, 11) is 1.58. The predicted octanol–water partition coefficient (Wildman–Crippen LogP) is 4.67. The van der Waals surface area contributed by atoms with Gasteiger partial charge in [-0.3, -0.25) is 9.59 Å². The number of halogens is 1. The standard InChI is InChI=1S/C21H21ClN2O3/c1-4-14-7-5-6-8-17(14)23-19(25)12-24(3)21(26)20-13(2)16-11-15(22)9-10-18(16)27-20/h5-11H,4,12H2,1-3H3,(H,23,25). The van der Waals surface area contributed by atoms with Crippen molar-refractivity contribution in [2.45, 2.75) is 20.3 Å². The number of nitrogens with one attached hydrogen (secondary N) is 1. The Morgan fingerprint density at radius 1 is 1.19 bits per heavy atom. The summed E-state index contributed by atoms with van der Waals surface area (Å²) in [5.41, 5.74) is 3.11. The Morgan fingerprint density at radius 2 is 1.93 bits per heavy atom. The molecule has 0 bridgehead atoms. The van der Waals surface area contributed by atoms with E-state index >= 15 is 0 Å². The SMILES string of the molecule is CCc1ccccc1NC(=O)CN(C)C(=O)c1oc2ccc(Cl)cc2c1C. The number of fused-ring (bicyclic) bond motifs is 1. The smallest absolute Gasteiger partial charge is 0.290 e. The van der Waals surface area contributed by atoms with Gasteiger partial charge in [0, 0.05) is 28.7 Å². The van der Waals surface area contributed by atoms with Crippen molar-refractivity contribution in [3.63, 3.8) is 0 Å². The molecule has 0 aliphatic rings. The number of hydrogen-bond donors (Lipinski definition) is 1. The number of likely N-dealkylation sites (N-methyl/N-ethyl adjacent to an activating group) is 1. The van der Waals surface area contributed by atoms with Gasteiger partial charge in [-0.1, -0.05) is 36.7 Å². The molecule has 1 N–H and O–H groups in total. The van der Waals surface area contributed by atoms with Gasteiger partial charge < -0.3 is 14.6 Å². The lowest BCUT2D eigenvalue weighted by atomic mass is 10.1. The van der Waals surface area contributed by atoms with Crippen molar-refractivity contribution in [3.05, 3.63) is 64.4 Å². The van der Waals surface area contributed by atoms with Crippen LogP contribution in [0.5, 0.6) is 0 Å². The van der Waals surface area contributed by atoms with Crippen LogP contribution in [0, 0.1) is 6.92 Å². The molecule has 0 aliphatic carbocycles. The molecule has 0 atom stereocenters. The highest BCUT2D eigenvalue weighted by molar-refractivity contribution is 6.31. The second-order valence-corrected chi connectivity index (χ2v) is 6.85. The van der Waals surface area contributed by atoms with Gasteiger partial charge in [0.15, 0.2) is 5.76 Å². The number of furan rings is 1. The summed E-state index contributed by atoms with van der Waals surface area (Å²) >= 11 is 6.02. The summed E-state index contributed by atoms with van der Waals surface area (Å²) in [6.45, 7) is 3.76. The highest BCUT2D eigenvalue weighted by atomic mass is 35.5. The Labute approximate surface area is 162 Å². The Morgan fingerprint density at radius 3 is 2.67 bits per heavy atom. The second kappa shape index (κ2) is 7.84. The van der Waals surface area contributed by atoms with Crippen LogP contribution in [0.3, 0.4) is 0 Å². The van der Waals surface area contributed by atoms with E-state index in [1.54, 1.807) is 32.2 Å². The minimum Gasteiger partial charge on any atom is -0.451 e. The zero-order chi connectivity index (χ0) is 19.6. The van der Waals surface area contributed by atoms with Crippen LogP contribution < -0.4 is 5.32 Å². The molecule has 0 unspecified atom stereocenters. The number of nitrogens with zero attached hydrogens (tertiary/aromatic N) is 1. The molecular weight excluding hydrogens is 364 g/mol. The Hall–Kier alpha value is -2.79. The number of aryl methyl sites for hydroxylation is 2. The van der Waals surface area contributed by atoms with Gasteiger partial charge in [-0.05, 0) is 43.2 Å². The zero-order valence-electron chi connectivity index (χ0n) is 15.5. The lowest BCUT2D eigenvalue weighted by molar-refractivity contribution is -0.116. The van der Waals surface area contributed by atoms with Crippen LogP contribution in [-0.2, 0) is 11.2 Å². The number of carbonyl (C=O) groups is 2.